The molecule has 1 aromatic carbocycles. The van der Waals surface area contributed by atoms with Crippen molar-refractivity contribution >= 4 is 27.5 Å². The smallest absolute Gasteiger partial charge is 0.252 e. The second-order valence-corrected chi connectivity index (χ2v) is 6.10. The molecule has 2 rings (SSSR count). The quantitative estimate of drug-likeness (QED) is 0.831. The zero-order valence-electron chi connectivity index (χ0n) is 10.9. The molecule has 1 aliphatic rings. The van der Waals surface area contributed by atoms with Gasteiger partial charge in [0.05, 0.1) is 11.3 Å². The maximum Gasteiger partial charge on any atom is 0.252 e. The Morgan fingerprint density at radius 2 is 2.21 bits per heavy atom. The van der Waals surface area contributed by atoms with Gasteiger partial charge in [0.1, 0.15) is 5.82 Å². The third-order valence-corrected chi connectivity index (χ3v) is 4.78. The first kappa shape index (κ1) is 14.3. The van der Waals surface area contributed by atoms with Crippen LogP contribution >= 0.6 is 15.9 Å². The SMILES string of the molecule is CCC1(CNC(=O)c2cc(N)c(F)cc2Br)CCC1. The van der Waals surface area contributed by atoms with Crippen molar-refractivity contribution in [3.8, 4) is 0 Å². The Hall–Kier alpha value is -1.10. The number of hydrogen-bond acceptors (Lipinski definition) is 2. The fourth-order valence-electron chi connectivity index (χ4n) is 2.43. The van der Waals surface area contributed by atoms with Crippen LogP contribution in [0.2, 0.25) is 0 Å². The summed E-state index contributed by atoms with van der Waals surface area (Å²) in [5.74, 6) is -0.731. The molecule has 1 saturated carbocycles. The van der Waals surface area contributed by atoms with Crippen molar-refractivity contribution in [2.24, 2.45) is 5.41 Å². The molecule has 0 aromatic heterocycles. The van der Waals surface area contributed by atoms with Crippen LogP contribution in [0, 0.1) is 11.2 Å². The van der Waals surface area contributed by atoms with Gasteiger partial charge >= 0.3 is 0 Å². The summed E-state index contributed by atoms with van der Waals surface area (Å²) >= 11 is 3.19. The Bertz CT molecular complexity index is 495. The van der Waals surface area contributed by atoms with E-state index in [9.17, 15) is 9.18 Å². The van der Waals surface area contributed by atoms with Gasteiger partial charge in [-0.05, 0) is 52.7 Å². The van der Waals surface area contributed by atoms with Gasteiger partial charge in [0, 0.05) is 11.0 Å². The van der Waals surface area contributed by atoms with E-state index in [-0.39, 0.29) is 17.0 Å². The lowest BCUT2D eigenvalue weighted by molar-refractivity contribution is 0.0849. The fourth-order valence-corrected chi connectivity index (χ4v) is 2.93. The van der Waals surface area contributed by atoms with Crippen LogP contribution in [-0.2, 0) is 0 Å². The van der Waals surface area contributed by atoms with E-state index in [2.05, 4.69) is 28.2 Å². The van der Waals surface area contributed by atoms with E-state index in [0.717, 1.165) is 19.3 Å². The molecule has 0 bridgehead atoms. The summed E-state index contributed by atoms with van der Waals surface area (Å²) in [4.78, 5) is 12.1. The molecule has 3 N–H and O–H groups in total. The average Bonchev–Trinajstić information content (AvgIpc) is 2.32. The summed E-state index contributed by atoms with van der Waals surface area (Å²) < 4.78 is 13.7. The first-order chi connectivity index (χ1) is 8.97. The summed E-state index contributed by atoms with van der Waals surface area (Å²) in [6.07, 6.45) is 4.63. The number of nitrogen functional groups attached to an aromatic ring is 1. The van der Waals surface area contributed by atoms with Gasteiger partial charge in [-0.1, -0.05) is 13.3 Å². The van der Waals surface area contributed by atoms with Crippen LogP contribution in [0.15, 0.2) is 16.6 Å². The Kier molecular flexibility index (Phi) is 4.13. The average molecular weight is 329 g/mol. The number of nitrogens with one attached hydrogen (secondary N) is 1. The molecule has 0 saturated heterocycles. The molecule has 0 unspecified atom stereocenters. The molecule has 0 aliphatic heterocycles. The summed E-state index contributed by atoms with van der Waals surface area (Å²) in [5, 5.41) is 2.93. The van der Waals surface area contributed by atoms with E-state index >= 15 is 0 Å². The van der Waals surface area contributed by atoms with Gasteiger partial charge in [-0.25, -0.2) is 4.39 Å². The molecule has 1 fully saturated rings. The molecule has 19 heavy (non-hydrogen) atoms. The number of amides is 1. The number of nitrogens with two attached hydrogens (primary N) is 1. The van der Waals surface area contributed by atoms with Gasteiger partial charge in [0.15, 0.2) is 0 Å². The largest absolute Gasteiger partial charge is 0.396 e. The number of carbonyl (C=O) groups excluding carboxylic acids is 1. The van der Waals surface area contributed by atoms with Crippen LogP contribution in [0.4, 0.5) is 10.1 Å². The van der Waals surface area contributed by atoms with Gasteiger partial charge < -0.3 is 11.1 Å². The van der Waals surface area contributed by atoms with Crippen LogP contribution in [0.5, 0.6) is 0 Å². The molecule has 3 nitrogen and oxygen atoms in total. The fraction of sp³-hybridized carbons (Fsp3) is 0.500. The van der Waals surface area contributed by atoms with E-state index in [0.29, 0.717) is 16.6 Å². The van der Waals surface area contributed by atoms with E-state index in [1.807, 2.05) is 0 Å². The molecular formula is C14H18BrFN2O. The highest BCUT2D eigenvalue weighted by Crippen LogP contribution is 2.43. The van der Waals surface area contributed by atoms with Gasteiger partial charge in [-0.15, -0.1) is 0 Å². The van der Waals surface area contributed by atoms with E-state index in [1.165, 1.54) is 18.6 Å². The highest BCUT2D eigenvalue weighted by molar-refractivity contribution is 9.10. The van der Waals surface area contributed by atoms with Crippen molar-refractivity contribution < 1.29 is 9.18 Å². The Balaban J connectivity index is 2.06. The second-order valence-electron chi connectivity index (χ2n) is 5.24. The number of benzene rings is 1. The van der Waals surface area contributed by atoms with Crippen molar-refractivity contribution in [1.29, 1.82) is 0 Å². The van der Waals surface area contributed by atoms with Gasteiger partial charge in [0.2, 0.25) is 0 Å². The topological polar surface area (TPSA) is 55.1 Å². The van der Waals surface area contributed by atoms with Crippen molar-refractivity contribution in [2.75, 3.05) is 12.3 Å². The third-order valence-electron chi connectivity index (χ3n) is 4.12. The maximum atomic E-state index is 13.2. The van der Waals surface area contributed by atoms with E-state index < -0.39 is 5.82 Å². The number of halogens is 2. The second kappa shape index (κ2) is 5.49. The molecule has 0 heterocycles. The van der Waals surface area contributed by atoms with Crippen LogP contribution in [0.1, 0.15) is 43.0 Å². The zero-order chi connectivity index (χ0) is 14.0. The Morgan fingerprint density at radius 1 is 1.53 bits per heavy atom. The minimum absolute atomic E-state index is 0.0119. The molecule has 1 aliphatic carbocycles. The number of anilines is 1. The van der Waals surface area contributed by atoms with Crippen molar-refractivity contribution in [2.45, 2.75) is 32.6 Å². The highest BCUT2D eigenvalue weighted by Gasteiger charge is 2.35. The van der Waals surface area contributed by atoms with Crippen molar-refractivity contribution in [3.63, 3.8) is 0 Å². The number of carbonyl (C=O) groups is 1. The molecule has 0 spiro atoms. The van der Waals surface area contributed by atoms with Crippen LogP contribution in [0.25, 0.3) is 0 Å². The highest BCUT2D eigenvalue weighted by atomic mass is 79.9. The monoisotopic (exact) mass is 328 g/mol. The molecule has 5 heteroatoms. The van der Waals surface area contributed by atoms with Crippen LogP contribution in [-0.4, -0.2) is 12.5 Å². The van der Waals surface area contributed by atoms with Crippen molar-refractivity contribution in [1.82, 2.24) is 5.32 Å². The molecule has 1 amide bonds. The van der Waals surface area contributed by atoms with E-state index in [4.69, 9.17) is 5.73 Å². The number of rotatable bonds is 4. The lowest BCUT2D eigenvalue weighted by Crippen LogP contribution is -2.41. The Labute approximate surface area is 120 Å². The van der Waals surface area contributed by atoms with Gasteiger partial charge in [-0.2, -0.15) is 0 Å². The normalized spacial score (nSPS) is 16.8. The number of hydrogen-bond donors (Lipinski definition) is 2. The minimum atomic E-state index is -0.521. The predicted molar refractivity (Wildman–Crippen MR) is 77.4 cm³/mol. The summed E-state index contributed by atoms with van der Waals surface area (Å²) in [6, 6.07) is 2.59. The van der Waals surface area contributed by atoms with Gasteiger partial charge in [-0.3, -0.25) is 4.79 Å². The van der Waals surface area contributed by atoms with Crippen molar-refractivity contribution in [3.05, 3.63) is 28.0 Å². The summed E-state index contributed by atoms with van der Waals surface area (Å²) in [5.41, 5.74) is 6.12. The summed E-state index contributed by atoms with van der Waals surface area (Å²) in [6.45, 7) is 2.82. The predicted octanol–water partition coefficient (Wildman–Crippen LogP) is 3.48. The molecule has 104 valence electrons. The van der Waals surface area contributed by atoms with Crippen LogP contribution < -0.4 is 11.1 Å². The minimum Gasteiger partial charge on any atom is -0.396 e. The third kappa shape index (κ3) is 2.91. The molecular weight excluding hydrogens is 311 g/mol. The molecule has 0 radical (unpaired) electrons. The van der Waals surface area contributed by atoms with Gasteiger partial charge in [0.25, 0.3) is 5.91 Å². The van der Waals surface area contributed by atoms with Crippen LogP contribution in [0.3, 0.4) is 0 Å². The summed E-state index contributed by atoms with van der Waals surface area (Å²) in [7, 11) is 0. The lowest BCUT2D eigenvalue weighted by Gasteiger charge is -2.41. The standard InChI is InChI=1S/C14H18BrFN2O/c1-2-14(4-3-5-14)8-18-13(19)9-6-12(17)11(16)7-10(9)15/h6-7H,2-5,8,17H2,1H3,(H,18,19). The lowest BCUT2D eigenvalue weighted by atomic mass is 9.67. The zero-order valence-corrected chi connectivity index (χ0v) is 12.5. The molecule has 1 aromatic rings. The molecule has 0 atom stereocenters. The first-order valence-corrected chi connectivity index (χ1v) is 7.29. The van der Waals surface area contributed by atoms with E-state index in [1.54, 1.807) is 0 Å². The maximum absolute atomic E-state index is 13.2. The Morgan fingerprint density at radius 3 is 2.74 bits per heavy atom. The first-order valence-electron chi connectivity index (χ1n) is 6.50.